The van der Waals surface area contributed by atoms with Crippen LogP contribution in [0, 0.1) is 25.5 Å². The zero-order valence-corrected chi connectivity index (χ0v) is 29.0. The fraction of sp³-hybridized carbons (Fsp3) is 0.0857. The number of anilines is 2. The van der Waals surface area contributed by atoms with E-state index >= 15 is 0 Å². The molecule has 0 atom stereocenters. The number of carbonyl (C=O) groups is 1. The summed E-state index contributed by atoms with van der Waals surface area (Å²) in [6, 6.07) is 17.1. The Hall–Kier alpha value is -6.17. The van der Waals surface area contributed by atoms with E-state index in [9.17, 15) is 26.8 Å². The number of nitrogens with one attached hydrogen (secondary N) is 3. The van der Waals surface area contributed by atoms with Gasteiger partial charge in [-0.15, -0.1) is 11.3 Å². The van der Waals surface area contributed by atoms with Crippen molar-refractivity contribution in [3.63, 3.8) is 0 Å². The number of para-hydroxylation sites is 1. The summed E-state index contributed by atoms with van der Waals surface area (Å²) in [5.74, 6) is -1.56. The van der Waals surface area contributed by atoms with Crippen LogP contribution < -0.4 is 16.2 Å². The Labute approximate surface area is 298 Å². The number of hydrogen-bond acceptors (Lipinski definition) is 10. The number of rotatable bonds is 8. The Morgan fingerprint density at radius 2 is 1.71 bits per heavy atom. The van der Waals surface area contributed by atoms with Crippen molar-refractivity contribution in [2.24, 2.45) is 0 Å². The molecule has 0 saturated carbocycles. The molecule has 0 radical (unpaired) electrons. The number of hydrogen-bond donors (Lipinski definition) is 4. The number of aromatic amines is 1. The predicted octanol–water partition coefficient (Wildman–Crippen LogP) is 6.32. The van der Waals surface area contributed by atoms with Crippen LogP contribution >= 0.6 is 11.3 Å². The molecular formula is C35H28F2N8O5S2. The lowest BCUT2D eigenvalue weighted by Crippen LogP contribution is -2.21. The molecule has 17 heteroatoms. The van der Waals surface area contributed by atoms with Crippen LogP contribution in [0.4, 0.5) is 19.9 Å². The molecule has 264 valence electrons. The van der Waals surface area contributed by atoms with Gasteiger partial charge in [-0.05, 0) is 61.9 Å². The summed E-state index contributed by atoms with van der Waals surface area (Å²) in [4.78, 5) is 46.5. The Balaban J connectivity index is 0.000000362. The number of H-pyrrole nitrogens is 1. The Morgan fingerprint density at radius 1 is 0.962 bits per heavy atom. The molecule has 7 aromatic rings. The second-order valence-electron chi connectivity index (χ2n) is 11.2. The fourth-order valence-electron chi connectivity index (χ4n) is 5.06. The first-order chi connectivity index (χ1) is 24.9. The molecule has 4 N–H and O–H groups in total. The molecule has 0 bridgehead atoms. The van der Waals surface area contributed by atoms with E-state index in [1.54, 1.807) is 54.3 Å². The molecule has 4 aromatic heterocycles. The fourth-order valence-corrected chi connectivity index (χ4v) is 6.06. The lowest BCUT2D eigenvalue weighted by atomic mass is 9.99. The second kappa shape index (κ2) is 15.0. The highest BCUT2D eigenvalue weighted by Gasteiger charge is 2.21. The van der Waals surface area contributed by atoms with Crippen molar-refractivity contribution in [1.82, 2.24) is 29.5 Å². The predicted molar refractivity (Wildman–Crippen MR) is 192 cm³/mol. The first-order valence-electron chi connectivity index (χ1n) is 15.4. The largest absolute Gasteiger partial charge is 0.347 e. The van der Waals surface area contributed by atoms with E-state index in [0.717, 1.165) is 27.8 Å². The van der Waals surface area contributed by atoms with E-state index in [0.29, 0.717) is 33.2 Å². The SMILES string of the molecule is Cc1ccc(C(=O)Nc2nccs2)cc1-c1nc(NCc2ncc[nH]2)nc2c1ccc(=O)n2-c1c(F)cccc1F.Cc1ccc(S(=O)(=O)O)cc1. The van der Waals surface area contributed by atoms with E-state index in [4.69, 9.17) is 9.54 Å². The van der Waals surface area contributed by atoms with Crippen molar-refractivity contribution in [1.29, 1.82) is 0 Å². The van der Waals surface area contributed by atoms with E-state index in [-0.39, 0.29) is 28.9 Å². The molecule has 52 heavy (non-hydrogen) atoms. The first-order valence-corrected chi connectivity index (χ1v) is 17.7. The van der Waals surface area contributed by atoms with Gasteiger partial charge in [-0.1, -0.05) is 29.8 Å². The highest BCUT2D eigenvalue weighted by atomic mass is 32.2. The third-order valence-corrected chi connectivity index (χ3v) is 9.16. The zero-order valence-electron chi connectivity index (χ0n) is 27.3. The molecule has 1 amide bonds. The maximum Gasteiger partial charge on any atom is 0.294 e. The summed E-state index contributed by atoms with van der Waals surface area (Å²) in [6.45, 7) is 3.89. The van der Waals surface area contributed by atoms with E-state index in [1.165, 1.54) is 41.7 Å². The van der Waals surface area contributed by atoms with Crippen LogP contribution in [0.25, 0.3) is 28.0 Å². The summed E-state index contributed by atoms with van der Waals surface area (Å²) in [5.41, 5.74) is 1.71. The van der Waals surface area contributed by atoms with Gasteiger partial charge < -0.3 is 10.3 Å². The molecular weight excluding hydrogens is 715 g/mol. The summed E-state index contributed by atoms with van der Waals surface area (Å²) in [6.07, 6.45) is 4.84. The molecule has 13 nitrogen and oxygen atoms in total. The zero-order chi connectivity index (χ0) is 37.0. The number of fused-ring (bicyclic) bond motifs is 1. The van der Waals surface area contributed by atoms with Crippen LogP contribution in [-0.4, -0.2) is 48.4 Å². The maximum atomic E-state index is 14.9. The molecule has 0 saturated heterocycles. The number of carbonyl (C=O) groups excluding carboxylic acids is 1. The number of thiazole rings is 1. The Bertz CT molecular complexity index is 2540. The molecule has 0 aliphatic rings. The molecule has 4 heterocycles. The van der Waals surface area contributed by atoms with Crippen LogP contribution in [-0.2, 0) is 16.7 Å². The van der Waals surface area contributed by atoms with Gasteiger partial charge in [0.1, 0.15) is 23.1 Å². The average Bonchev–Trinajstić information content (AvgIpc) is 3.83. The minimum atomic E-state index is -4.02. The van der Waals surface area contributed by atoms with E-state index in [2.05, 4.69) is 30.6 Å². The number of pyridine rings is 1. The standard InChI is InChI=1S/C28H20F2N8O2S.C7H8O3S/c1-15-5-6-16(26(40)37-28-33-11-12-41-28)13-18(15)23-17-7-8-22(39)38(24-19(29)3-2-4-20(24)30)25(17)36-27(35-23)34-14-21-31-9-10-32-21;1-6-2-4-7(5-3-6)11(8,9)10/h2-13H,14H2,1H3,(H,31,32)(H,33,37,40)(H,34,35,36);2-5H,1H3,(H,8,9,10). The topological polar surface area (TPSA) is 185 Å². The lowest BCUT2D eigenvalue weighted by Gasteiger charge is -2.16. The number of amides is 1. The molecule has 0 aliphatic heterocycles. The van der Waals surface area contributed by atoms with Gasteiger partial charge in [0.25, 0.3) is 21.6 Å². The van der Waals surface area contributed by atoms with Gasteiger partial charge in [-0.25, -0.2) is 23.7 Å². The smallest absolute Gasteiger partial charge is 0.294 e. The third-order valence-electron chi connectivity index (χ3n) is 7.61. The molecule has 0 unspecified atom stereocenters. The molecule has 0 spiro atoms. The molecule has 0 aliphatic carbocycles. The normalized spacial score (nSPS) is 11.2. The minimum absolute atomic E-state index is 0.0227. The van der Waals surface area contributed by atoms with Crippen molar-refractivity contribution in [2.45, 2.75) is 25.3 Å². The molecule has 7 rings (SSSR count). The number of nitrogens with zero attached hydrogens (tertiary/aromatic N) is 5. The quantitative estimate of drug-likeness (QED) is 0.129. The van der Waals surface area contributed by atoms with Gasteiger partial charge >= 0.3 is 0 Å². The summed E-state index contributed by atoms with van der Waals surface area (Å²) < 4.78 is 60.3. The van der Waals surface area contributed by atoms with Crippen molar-refractivity contribution in [3.05, 3.63) is 141 Å². The Kier molecular flexibility index (Phi) is 10.3. The van der Waals surface area contributed by atoms with Crippen LogP contribution in [0.1, 0.15) is 27.3 Å². The number of aromatic nitrogens is 6. The highest BCUT2D eigenvalue weighted by Crippen LogP contribution is 2.32. The average molecular weight is 743 g/mol. The minimum Gasteiger partial charge on any atom is -0.347 e. The highest BCUT2D eigenvalue weighted by molar-refractivity contribution is 7.85. The van der Waals surface area contributed by atoms with Gasteiger partial charge in [-0.3, -0.25) is 24.0 Å². The van der Waals surface area contributed by atoms with E-state index < -0.39 is 33.0 Å². The van der Waals surface area contributed by atoms with Gasteiger partial charge in [0.05, 0.1) is 17.1 Å². The number of halogens is 2. The second-order valence-corrected chi connectivity index (χ2v) is 13.5. The monoisotopic (exact) mass is 742 g/mol. The first kappa shape index (κ1) is 35.6. The summed E-state index contributed by atoms with van der Waals surface area (Å²) >= 11 is 1.29. The van der Waals surface area contributed by atoms with Crippen LogP contribution in [0.15, 0.2) is 106 Å². The van der Waals surface area contributed by atoms with Crippen LogP contribution in [0.3, 0.4) is 0 Å². The number of imidazole rings is 1. The Morgan fingerprint density at radius 3 is 2.37 bits per heavy atom. The van der Waals surface area contributed by atoms with Crippen molar-refractivity contribution in [3.8, 4) is 16.9 Å². The van der Waals surface area contributed by atoms with Crippen molar-refractivity contribution in [2.75, 3.05) is 10.6 Å². The third kappa shape index (κ3) is 7.91. The van der Waals surface area contributed by atoms with Crippen molar-refractivity contribution < 1.29 is 26.5 Å². The van der Waals surface area contributed by atoms with Gasteiger partial charge in [0.2, 0.25) is 5.95 Å². The van der Waals surface area contributed by atoms with Gasteiger partial charge in [-0.2, -0.15) is 13.4 Å². The lowest BCUT2D eigenvalue weighted by molar-refractivity contribution is 0.102. The molecule has 0 fully saturated rings. The maximum absolute atomic E-state index is 14.9. The summed E-state index contributed by atoms with van der Waals surface area (Å²) in [7, 11) is -4.02. The number of benzene rings is 3. The van der Waals surface area contributed by atoms with E-state index in [1.807, 2.05) is 13.8 Å². The van der Waals surface area contributed by atoms with Crippen LogP contribution in [0.2, 0.25) is 0 Å². The van der Waals surface area contributed by atoms with Crippen LogP contribution in [0.5, 0.6) is 0 Å². The van der Waals surface area contributed by atoms with Gasteiger partial charge in [0, 0.05) is 46.6 Å². The van der Waals surface area contributed by atoms with Crippen molar-refractivity contribution >= 4 is 49.5 Å². The number of aryl methyl sites for hydroxylation is 2. The van der Waals surface area contributed by atoms with Gasteiger partial charge in [0.15, 0.2) is 10.8 Å². The summed E-state index contributed by atoms with van der Waals surface area (Å²) in [5, 5.41) is 8.36. The molecule has 3 aromatic carbocycles.